The van der Waals surface area contributed by atoms with Gasteiger partial charge in [0, 0.05) is 38.4 Å². The molecule has 30 heavy (non-hydrogen) atoms. The van der Waals surface area contributed by atoms with E-state index in [1.807, 2.05) is 24.3 Å². The minimum Gasteiger partial charge on any atom is -0.468 e. The number of hydrogen-bond donors (Lipinski definition) is 1. The summed E-state index contributed by atoms with van der Waals surface area (Å²) in [4.78, 5) is 28.3. The molecule has 0 spiro atoms. The molecule has 1 saturated heterocycles. The smallest absolute Gasteiger partial charge is 0.422 e. The molecular weight excluding hydrogens is 399 g/mol. The van der Waals surface area contributed by atoms with Gasteiger partial charge in [-0.1, -0.05) is 12.1 Å². The minimum atomic E-state index is -4.44. The number of aromatic nitrogens is 3. The normalized spacial score (nSPS) is 15.3. The lowest BCUT2D eigenvalue weighted by Gasteiger charge is -2.21. The van der Waals surface area contributed by atoms with Crippen LogP contribution in [0, 0.1) is 0 Å². The summed E-state index contributed by atoms with van der Waals surface area (Å²) in [5.41, 5.74) is 2.17. The molecule has 1 aliphatic rings. The molecule has 1 amide bonds. The highest BCUT2D eigenvalue weighted by Crippen LogP contribution is 2.20. The summed E-state index contributed by atoms with van der Waals surface area (Å²) in [6.07, 6.45) is -2.42. The molecule has 3 heterocycles. The van der Waals surface area contributed by atoms with Crippen molar-refractivity contribution in [1.29, 1.82) is 0 Å². The predicted molar refractivity (Wildman–Crippen MR) is 105 cm³/mol. The van der Waals surface area contributed by atoms with Gasteiger partial charge in [-0.15, -0.1) is 0 Å². The zero-order valence-electron chi connectivity index (χ0n) is 16.0. The van der Waals surface area contributed by atoms with Crippen molar-refractivity contribution in [2.75, 3.05) is 37.7 Å². The van der Waals surface area contributed by atoms with E-state index in [2.05, 4.69) is 24.6 Å². The molecule has 1 N–H and O–H groups in total. The van der Waals surface area contributed by atoms with Crippen LogP contribution in [0.5, 0.6) is 5.88 Å². The number of nitrogens with one attached hydrogen (secondary N) is 1. The van der Waals surface area contributed by atoms with Crippen LogP contribution in [0.3, 0.4) is 0 Å². The number of imidazole rings is 1. The standard InChI is InChI=1S/C20H20F3N5O2/c21-20(22,23)13-30-17-7-6-14(12-24-17)18(29)27-8-3-9-28(11-10-27)19-25-15-4-1-2-5-16(15)26-19/h1-2,4-7,12H,3,8-11,13H2,(H,25,26). The summed E-state index contributed by atoms with van der Waals surface area (Å²) >= 11 is 0. The van der Waals surface area contributed by atoms with Gasteiger partial charge in [-0.05, 0) is 24.6 Å². The van der Waals surface area contributed by atoms with E-state index in [1.54, 1.807) is 4.90 Å². The van der Waals surface area contributed by atoms with Crippen LogP contribution in [-0.2, 0) is 0 Å². The molecule has 0 unspecified atom stereocenters. The van der Waals surface area contributed by atoms with Crippen molar-refractivity contribution in [2.45, 2.75) is 12.6 Å². The summed E-state index contributed by atoms with van der Waals surface area (Å²) in [5, 5.41) is 0. The number of ether oxygens (including phenoxy) is 1. The Kier molecular flexibility index (Phi) is 5.47. The number of alkyl halides is 3. The number of para-hydroxylation sites is 2. The van der Waals surface area contributed by atoms with Gasteiger partial charge in [0.05, 0.1) is 16.6 Å². The van der Waals surface area contributed by atoms with E-state index in [9.17, 15) is 18.0 Å². The SMILES string of the molecule is O=C(c1ccc(OCC(F)(F)F)nc1)N1CCCN(c2nc3ccccc3[nH]2)CC1. The molecule has 4 rings (SSSR count). The number of amides is 1. The van der Waals surface area contributed by atoms with Gasteiger partial charge < -0.3 is 19.5 Å². The average molecular weight is 419 g/mol. The lowest BCUT2D eigenvalue weighted by Crippen LogP contribution is -2.35. The number of carbonyl (C=O) groups is 1. The Morgan fingerprint density at radius 2 is 1.93 bits per heavy atom. The number of halogens is 3. The second-order valence-electron chi connectivity index (χ2n) is 7.00. The van der Waals surface area contributed by atoms with Crippen molar-refractivity contribution >= 4 is 22.9 Å². The van der Waals surface area contributed by atoms with E-state index < -0.39 is 12.8 Å². The van der Waals surface area contributed by atoms with Gasteiger partial charge in [-0.2, -0.15) is 13.2 Å². The molecule has 1 fully saturated rings. The third-order valence-corrected chi connectivity index (χ3v) is 4.83. The van der Waals surface area contributed by atoms with Crippen molar-refractivity contribution in [3.8, 4) is 5.88 Å². The number of anilines is 1. The number of rotatable bonds is 4. The first-order valence-electron chi connectivity index (χ1n) is 9.54. The zero-order valence-corrected chi connectivity index (χ0v) is 16.0. The summed E-state index contributed by atoms with van der Waals surface area (Å²) in [7, 11) is 0. The number of H-pyrrole nitrogens is 1. The second-order valence-corrected chi connectivity index (χ2v) is 7.00. The van der Waals surface area contributed by atoms with Crippen LogP contribution in [0.2, 0.25) is 0 Å². The Labute approximate surface area is 170 Å². The van der Waals surface area contributed by atoms with Gasteiger partial charge in [0.1, 0.15) is 0 Å². The van der Waals surface area contributed by atoms with Crippen molar-refractivity contribution in [3.05, 3.63) is 48.2 Å². The molecule has 10 heteroatoms. The fraction of sp³-hybridized carbons (Fsp3) is 0.350. The topological polar surface area (TPSA) is 74.3 Å². The lowest BCUT2D eigenvalue weighted by atomic mass is 10.2. The molecule has 1 aliphatic heterocycles. The number of nitrogens with zero attached hydrogens (tertiary/aromatic N) is 4. The van der Waals surface area contributed by atoms with Crippen LogP contribution in [0.25, 0.3) is 11.0 Å². The number of carbonyl (C=O) groups excluding carboxylic acids is 1. The minimum absolute atomic E-state index is 0.171. The van der Waals surface area contributed by atoms with Crippen molar-refractivity contribution < 1.29 is 22.7 Å². The van der Waals surface area contributed by atoms with Crippen molar-refractivity contribution in [3.63, 3.8) is 0 Å². The summed E-state index contributed by atoms with van der Waals surface area (Å²) < 4.78 is 41.2. The van der Waals surface area contributed by atoms with Gasteiger partial charge in [0.25, 0.3) is 5.91 Å². The number of aromatic amines is 1. The quantitative estimate of drug-likeness (QED) is 0.703. The first kappa shape index (κ1) is 20.0. The third-order valence-electron chi connectivity index (χ3n) is 4.83. The monoisotopic (exact) mass is 419 g/mol. The summed E-state index contributed by atoms with van der Waals surface area (Å²) in [5.74, 6) is 0.394. The van der Waals surface area contributed by atoms with Crippen LogP contribution in [0.4, 0.5) is 19.1 Å². The van der Waals surface area contributed by atoms with Crippen LogP contribution in [0.15, 0.2) is 42.6 Å². The summed E-state index contributed by atoms with van der Waals surface area (Å²) in [6, 6.07) is 10.5. The molecule has 0 aliphatic carbocycles. The Morgan fingerprint density at radius 1 is 1.10 bits per heavy atom. The van der Waals surface area contributed by atoms with E-state index in [1.165, 1.54) is 18.3 Å². The molecule has 7 nitrogen and oxygen atoms in total. The largest absolute Gasteiger partial charge is 0.468 e. The molecule has 0 bridgehead atoms. The summed E-state index contributed by atoms with van der Waals surface area (Å²) in [6.45, 7) is 1.03. The van der Waals surface area contributed by atoms with E-state index in [0.717, 1.165) is 29.9 Å². The molecule has 3 aromatic rings. The molecule has 1 aromatic carbocycles. The highest BCUT2D eigenvalue weighted by atomic mass is 19.4. The molecule has 158 valence electrons. The Balaban J connectivity index is 1.38. The maximum atomic E-state index is 12.8. The second kappa shape index (κ2) is 8.21. The molecule has 0 radical (unpaired) electrons. The Morgan fingerprint density at radius 3 is 2.67 bits per heavy atom. The van der Waals surface area contributed by atoms with Crippen LogP contribution < -0.4 is 9.64 Å². The van der Waals surface area contributed by atoms with Gasteiger partial charge in [-0.25, -0.2) is 9.97 Å². The Hall–Kier alpha value is -3.30. The van der Waals surface area contributed by atoms with Gasteiger partial charge in [0.15, 0.2) is 6.61 Å². The maximum absolute atomic E-state index is 12.8. The molecule has 2 aromatic heterocycles. The highest BCUT2D eigenvalue weighted by molar-refractivity contribution is 5.94. The van der Waals surface area contributed by atoms with E-state index in [0.29, 0.717) is 25.2 Å². The number of benzene rings is 1. The number of pyridine rings is 1. The van der Waals surface area contributed by atoms with E-state index in [4.69, 9.17) is 0 Å². The van der Waals surface area contributed by atoms with Crippen LogP contribution in [-0.4, -0.2) is 64.7 Å². The lowest BCUT2D eigenvalue weighted by molar-refractivity contribution is -0.154. The first-order valence-corrected chi connectivity index (χ1v) is 9.54. The predicted octanol–water partition coefficient (Wildman–Crippen LogP) is 3.25. The first-order chi connectivity index (χ1) is 14.4. The third kappa shape index (κ3) is 4.64. The fourth-order valence-electron chi connectivity index (χ4n) is 3.35. The molecule has 0 saturated carbocycles. The fourth-order valence-corrected chi connectivity index (χ4v) is 3.35. The van der Waals surface area contributed by atoms with E-state index in [-0.39, 0.29) is 11.8 Å². The van der Waals surface area contributed by atoms with Crippen molar-refractivity contribution in [2.24, 2.45) is 0 Å². The Bertz CT molecular complexity index is 986. The van der Waals surface area contributed by atoms with Crippen molar-refractivity contribution in [1.82, 2.24) is 19.9 Å². The van der Waals surface area contributed by atoms with Gasteiger partial charge >= 0.3 is 6.18 Å². The highest BCUT2D eigenvalue weighted by Gasteiger charge is 2.29. The van der Waals surface area contributed by atoms with Gasteiger partial charge in [-0.3, -0.25) is 4.79 Å². The number of hydrogen-bond acceptors (Lipinski definition) is 5. The van der Waals surface area contributed by atoms with Crippen LogP contribution in [0.1, 0.15) is 16.8 Å². The molecule has 0 atom stereocenters. The zero-order chi connectivity index (χ0) is 21.1. The number of fused-ring (bicyclic) bond motifs is 1. The maximum Gasteiger partial charge on any atom is 0.422 e. The van der Waals surface area contributed by atoms with E-state index >= 15 is 0 Å². The van der Waals surface area contributed by atoms with Crippen LogP contribution >= 0.6 is 0 Å². The van der Waals surface area contributed by atoms with Gasteiger partial charge in [0.2, 0.25) is 11.8 Å². The molecular formula is C20H20F3N5O2. The average Bonchev–Trinajstić information content (AvgIpc) is 3.01.